The molecule has 8 heteroatoms. The van der Waals surface area contributed by atoms with Crippen LogP contribution in [0.15, 0.2) is 16.6 Å². The molecular weight excluding hydrogens is 374 g/mol. The van der Waals surface area contributed by atoms with Gasteiger partial charge in [-0.1, -0.05) is 15.9 Å². The van der Waals surface area contributed by atoms with Crippen molar-refractivity contribution in [2.75, 3.05) is 13.2 Å². The van der Waals surface area contributed by atoms with Gasteiger partial charge in [0.05, 0.1) is 5.56 Å². The second-order valence-corrected chi connectivity index (χ2v) is 5.78. The summed E-state index contributed by atoms with van der Waals surface area (Å²) in [6.45, 7) is 1.08. The van der Waals surface area contributed by atoms with E-state index in [0.717, 1.165) is 6.07 Å². The van der Waals surface area contributed by atoms with E-state index in [1.165, 1.54) is 6.07 Å². The van der Waals surface area contributed by atoms with E-state index < -0.39 is 23.5 Å². The van der Waals surface area contributed by atoms with Gasteiger partial charge in [0.25, 0.3) is 0 Å². The second kappa shape index (κ2) is 7.17. The van der Waals surface area contributed by atoms with Crippen LogP contribution in [0.25, 0.3) is 0 Å². The monoisotopic (exact) mass is 389 g/mol. The Morgan fingerprint density at radius 1 is 1.29 bits per heavy atom. The van der Waals surface area contributed by atoms with Crippen LogP contribution in [0.5, 0.6) is 5.75 Å². The molecule has 3 nitrogen and oxygen atoms in total. The van der Waals surface area contributed by atoms with Crippen LogP contribution >= 0.6 is 28.3 Å². The van der Waals surface area contributed by atoms with Gasteiger partial charge in [-0.3, -0.25) is 0 Å². The largest absolute Gasteiger partial charge is 0.507 e. The molecule has 0 radical (unpaired) electrons. The number of aromatic hydroxyl groups is 1. The fraction of sp³-hybridized carbons (Fsp3) is 0.538. The van der Waals surface area contributed by atoms with E-state index >= 15 is 0 Å². The average molecular weight is 391 g/mol. The Labute approximate surface area is 135 Å². The first kappa shape index (κ1) is 18.5. The van der Waals surface area contributed by atoms with Crippen LogP contribution in [0.4, 0.5) is 13.2 Å². The molecule has 0 amide bonds. The molecule has 0 saturated carbocycles. The third-order valence-corrected chi connectivity index (χ3v) is 4.00. The molecule has 1 fully saturated rings. The van der Waals surface area contributed by atoms with Gasteiger partial charge in [0, 0.05) is 29.3 Å². The third kappa shape index (κ3) is 4.25. The minimum atomic E-state index is -4.61. The van der Waals surface area contributed by atoms with Crippen molar-refractivity contribution < 1.29 is 23.0 Å². The Kier molecular flexibility index (Phi) is 6.34. The molecular formula is C13H16BrClF3NO2. The van der Waals surface area contributed by atoms with Gasteiger partial charge >= 0.3 is 6.18 Å². The van der Waals surface area contributed by atoms with Gasteiger partial charge < -0.3 is 15.6 Å². The molecule has 1 saturated heterocycles. The number of alkyl halides is 3. The Bertz CT molecular complexity index is 493. The zero-order valence-electron chi connectivity index (χ0n) is 11.0. The minimum absolute atomic E-state index is 0. The van der Waals surface area contributed by atoms with Crippen LogP contribution in [0.3, 0.4) is 0 Å². The number of benzene rings is 1. The van der Waals surface area contributed by atoms with Crippen molar-refractivity contribution in [2.24, 2.45) is 11.7 Å². The fourth-order valence-electron chi connectivity index (χ4n) is 2.42. The normalized spacial score (nSPS) is 18.1. The molecule has 0 unspecified atom stereocenters. The molecule has 3 N–H and O–H groups in total. The van der Waals surface area contributed by atoms with Gasteiger partial charge in [0.15, 0.2) is 0 Å². The van der Waals surface area contributed by atoms with Crippen molar-refractivity contribution >= 4 is 28.3 Å². The Morgan fingerprint density at radius 2 is 1.86 bits per heavy atom. The summed E-state index contributed by atoms with van der Waals surface area (Å²) in [6.07, 6.45) is -3.26. The van der Waals surface area contributed by atoms with Crippen molar-refractivity contribution in [1.82, 2.24) is 0 Å². The first-order valence-electron chi connectivity index (χ1n) is 6.23. The van der Waals surface area contributed by atoms with Gasteiger partial charge in [-0.2, -0.15) is 13.2 Å². The Balaban J connectivity index is 0.00000220. The fourth-order valence-corrected chi connectivity index (χ4v) is 2.89. The number of halogens is 5. The zero-order valence-corrected chi connectivity index (χ0v) is 13.4. The van der Waals surface area contributed by atoms with Crippen LogP contribution in [0.2, 0.25) is 0 Å². The summed E-state index contributed by atoms with van der Waals surface area (Å²) in [5.74, 6) is -0.773. The van der Waals surface area contributed by atoms with E-state index in [1.54, 1.807) is 0 Å². The number of nitrogens with two attached hydrogens (primary N) is 1. The summed E-state index contributed by atoms with van der Waals surface area (Å²) >= 11 is 3.04. The first-order valence-corrected chi connectivity index (χ1v) is 7.03. The number of rotatable bonds is 2. The summed E-state index contributed by atoms with van der Waals surface area (Å²) in [5.41, 5.74) is 5.11. The lowest BCUT2D eigenvalue weighted by molar-refractivity contribution is -0.138. The van der Waals surface area contributed by atoms with Crippen LogP contribution in [-0.4, -0.2) is 18.3 Å². The van der Waals surface area contributed by atoms with E-state index in [9.17, 15) is 18.3 Å². The van der Waals surface area contributed by atoms with Crippen molar-refractivity contribution in [3.63, 3.8) is 0 Å². The van der Waals surface area contributed by atoms with E-state index in [2.05, 4.69) is 15.9 Å². The number of phenolic OH excluding ortho intramolecular Hbond substituents is 1. The Morgan fingerprint density at radius 3 is 2.38 bits per heavy atom. The highest BCUT2D eigenvalue weighted by atomic mass is 79.9. The number of ether oxygens (including phenoxy) is 1. The van der Waals surface area contributed by atoms with E-state index in [1.807, 2.05) is 0 Å². The number of phenols is 1. The summed E-state index contributed by atoms with van der Waals surface area (Å²) in [4.78, 5) is 0. The lowest BCUT2D eigenvalue weighted by Crippen LogP contribution is -2.27. The molecule has 2 rings (SSSR count). The van der Waals surface area contributed by atoms with E-state index in [4.69, 9.17) is 10.5 Å². The maximum Gasteiger partial charge on any atom is 0.420 e. The van der Waals surface area contributed by atoms with Crippen molar-refractivity contribution in [2.45, 2.75) is 25.1 Å². The molecule has 1 aromatic rings. The molecule has 1 aliphatic heterocycles. The molecule has 1 aliphatic rings. The first-order chi connectivity index (χ1) is 9.30. The number of hydrogen-bond acceptors (Lipinski definition) is 3. The van der Waals surface area contributed by atoms with E-state index in [0.29, 0.717) is 26.1 Å². The highest BCUT2D eigenvalue weighted by Crippen LogP contribution is 2.43. The van der Waals surface area contributed by atoms with Crippen molar-refractivity contribution in [3.05, 3.63) is 27.7 Å². The second-order valence-electron chi connectivity index (χ2n) is 4.86. The Hall–Kier alpha value is -0.500. The van der Waals surface area contributed by atoms with Crippen LogP contribution in [-0.2, 0) is 10.9 Å². The maximum absolute atomic E-state index is 12.9. The summed E-state index contributed by atoms with van der Waals surface area (Å²) in [5, 5.41) is 9.90. The van der Waals surface area contributed by atoms with Gasteiger partial charge in [0.1, 0.15) is 5.75 Å². The van der Waals surface area contributed by atoms with Crippen LogP contribution in [0, 0.1) is 5.92 Å². The van der Waals surface area contributed by atoms with Crippen LogP contribution in [0.1, 0.15) is 30.0 Å². The number of hydrogen-bond donors (Lipinski definition) is 2. The van der Waals surface area contributed by atoms with Crippen LogP contribution < -0.4 is 5.73 Å². The lowest BCUT2D eigenvalue weighted by Gasteiger charge is -2.29. The van der Waals surface area contributed by atoms with Gasteiger partial charge in [-0.05, 0) is 30.9 Å². The lowest BCUT2D eigenvalue weighted by atomic mass is 9.86. The van der Waals surface area contributed by atoms with Crippen molar-refractivity contribution in [3.8, 4) is 5.75 Å². The predicted molar refractivity (Wildman–Crippen MR) is 78.5 cm³/mol. The average Bonchev–Trinajstić information content (AvgIpc) is 2.40. The SMILES string of the molecule is Cl.N[C@@H](c1cc(Br)cc(C(F)(F)F)c1O)C1CCOCC1. The molecule has 21 heavy (non-hydrogen) atoms. The molecule has 0 spiro atoms. The standard InChI is InChI=1S/C13H15BrF3NO2.ClH/c14-8-5-9(11(18)7-1-3-20-4-2-7)12(19)10(6-8)13(15,16)17;/h5-7,11,19H,1-4,18H2;1H/t11-;/m1./s1. The molecule has 0 aliphatic carbocycles. The van der Waals surface area contributed by atoms with E-state index in [-0.39, 0.29) is 28.4 Å². The molecule has 0 aromatic heterocycles. The van der Waals surface area contributed by atoms with Crippen molar-refractivity contribution in [1.29, 1.82) is 0 Å². The molecule has 0 bridgehead atoms. The molecule has 1 atom stereocenters. The van der Waals surface area contributed by atoms with Gasteiger partial charge in [-0.25, -0.2) is 0 Å². The predicted octanol–water partition coefficient (Wildman–Crippen LogP) is 4.02. The highest BCUT2D eigenvalue weighted by molar-refractivity contribution is 9.10. The third-order valence-electron chi connectivity index (χ3n) is 3.54. The molecule has 120 valence electrons. The summed E-state index contributed by atoms with van der Waals surface area (Å²) < 4.78 is 44.1. The van der Waals surface area contributed by atoms with Gasteiger partial charge in [0.2, 0.25) is 0 Å². The smallest absolute Gasteiger partial charge is 0.420 e. The minimum Gasteiger partial charge on any atom is -0.507 e. The maximum atomic E-state index is 12.9. The summed E-state index contributed by atoms with van der Waals surface area (Å²) in [7, 11) is 0. The topological polar surface area (TPSA) is 55.5 Å². The molecule has 1 aromatic carbocycles. The zero-order chi connectivity index (χ0) is 14.9. The molecule has 1 heterocycles. The highest BCUT2D eigenvalue weighted by Gasteiger charge is 2.37. The quantitative estimate of drug-likeness (QED) is 0.802. The summed E-state index contributed by atoms with van der Waals surface area (Å²) in [6, 6.07) is 1.66. The van der Waals surface area contributed by atoms with Gasteiger partial charge in [-0.15, -0.1) is 12.4 Å².